The van der Waals surface area contributed by atoms with Crippen molar-refractivity contribution in [2.24, 2.45) is 17.8 Å². The van der Waals surface area contributed by atoms with Crippen molar-refractivity contribution in [3.63, 3.8) is 0 Å². The van der Waals surface area contributed by atoms with Gasteiger partial charge in [-0.15, -0.1) is 0 Å². The van der Waals surface area contributed by atoms with E-state index in [-0.39, 0.29) is 132 Å². The fourth-order valence-corrected chi connectivity index (χ4v) is 12.3. The SMILES string of the molecule is CO[PH](=O)OCC1C[C@@H](C)CN1C(=O)CCCCCCC(=O)[C@H](CCCCNC(=O)CCCCOC1OC(CO)C(O)C(O)C1C)NC(=O)CCCCOC1OC(CO)C(O)C(O)C1C.[CH2-]P(=O)(OC)OC1C[C@@H](CO)N(C(=O)CCCCCNC(C)=O)C1.[Y]. The fraction of sp³-hybridized carbons (Fsp3) is 0.881. The normalized spacial score (nSPS) is 28.0. The minimum absolute atomic E-state index is 0. The van der Waals surface area contributed by atoms with Gasteiger partial charge in [0.25, 0.3) is 0 Å². The number of nitrogens with one attached hydrogen (secondary N) is 3. The number of unbranched alkanes of at least 4 members (excludes halogenated alkanes) is 8. The Kier molecular flexibility index (Phi) is 43.2. The first-order valence-electron chi connectivity index (χ1n) is 31.8. The van der Waals surface area contributed by atoms with E-state index in [2.05, 4.69) is 29.5 Å². The number of ketones is 1. The summed E-state index contributed by atoms with van der Waals surface area (Å²) in [4.78, 5) is 78.5. The van der Waals surface area contributed by atoms with Crippen LogP contribution < -0.4 is 16.0 Å². The molecule has 4 rings (SSSR count). The van der Waals surface area contributed by atoms with Crippen LogP contribution in [-0.2, 0) is 108 Å². The quantitative estimate of drug-likeness (QED) is 0.0239. The summed E-state index contributed by atoms with van der Waals surface area (Å²) in [6.07, 6.45) is 2.76. The number of hydrogen-bond acceptors (Lipinski definition) is 23. The number of amides is 5. The van der Waals surface area contributed by atoms with Gasteiger partial charge in [0.15, 0.2) is 26.0 Å². The summed E-state index contributed by atoms with van der Waals surface area (Å²) in [5, 5.41) is 77.4. The minimum Gasteiger partial charge on any atom is -0.394 e. The zero-order chi connectivity index (χ0) is 66.1. The first-order chi connectivity index (χ1) is 42.4. The zero-order valence-electron chi connectivity index (χ0n) is 53.9. The predicted molar refractivity (Wildman–Crippen MR) is 325 cm³/mol. The third-order valence-corrected chi connectivity index (χ3v) is 18.4. The van der Waals surface area contributed by atoms with Crippen LogP contribution in [0.4, 0.5) is 0 Å². The number of Topliss-reactive ketones (excluding diaryl/α,β-unsaturated/α-hetero) is 1. The van der Waals surface area contributed by atoms with E-state index in [0.29, 0.717) is 109 Å². The molecule has 10 N–H and O–H groups in total. The maximum absolute atomic E-state index is 13.5. The summed E-state index contributed by atoms with van der Waals surface area (Å²) in [5.74, 6) is -1.28. The standard InChI is InChI=1S/C44H80N3O17P.C15H28N2O6P.Y/c1-28-23-31(27-62-65(58)59-4)47(24-28)38(53)19-8-6-5-7-16-33(50)32(46-37(52)18-11-14-22-61-44-30(3)40(55)42(57)35(26-49)64-44)15-9-12-20-45-36(51)17-10-13-21-60-43-29(2)39(54)41(56)34(25-48)63-43;1-12(19)16-8-6-4-5-7-15(20)17-10-14(9-13(17)11-18)23-24(3,21)22-2;/h28-32,34-35,39-44,48-49,54-57,65H,5-27H2,1-4H3,(H,45,51)(H,46,52);13-14,18H,3-11H2,1-2H3,(H,16,19);/q;-1;/t28-,29?,30?,31?,32+,34?,35?,39?,40?,41?,42?,43?,44?;13-,14?,24?;/m10./s1. The molecule has 0 aromatic heterocycles. The Bertz CT molecular complexity index is 2160. The Morgan fingerprint density at radius 2 is 1.13 bits per heavy atom. The molecule has 521 valence electrons. The number of nitrogens with zero attached hydrogens (tertiary/aromatic N) is 2. The molecule has 0 aliphatic carbocycles. The van der Waals surface area contributed by atoms with Crippen molar-refractivity contribution >= 4 is 51.2 Å². The van der Waals surface area contributed by atoms with Crippen LogP contribution in [0.3, 0.4) is 0 Å². The van der Waals surface area contributed by atoms with Crippen LogP contribution in [0, 0.1) is 24.4 Å². The average Bonchev–Trinajstić information content (AvgIpc) is 2.80. The van der Waals surface area contributed by atoms with Crippen molar-refractivity contribution < 1.29 is 143 Å². The number of carbonyl (C=O) groups excluding carboxylic acids is 6. The summed E-state index contributed by atoms with van der Waals surface area (Å²) in [5.41, 5.74) is 0. The molecular formula is C59H108N5O23P2Y-. The van der Waals surface area contributed by atoms with E-state index < -0.39 is 102 Å². The van der Waals surface area contributed by atoms with E-state index in [4.69, 9.17) is 37.0 Å². The first kappa shape index (κ1) is 84.1. The molecule has 5 amide bonds. The third-order valence-electron chi connectivity index (χ3n) is 16.5. The monoisotopic (exact) mass is 1410 g/mol. The molecule has 0 aromatic carbocycles. The first-order valence-corrected chi connectivity index (χ1v) is 34.8. The van der Waals surface area contributed by atoms with Gasteiger partial charge in [0, 0.05) is 137 Å². The van der Waals surface area contributed by atoms with Gasteiger partial charge in [-0.25, -0.2) is 6.66 Å². The Labute approximate surface area is 557 Å². The number of rotatable bonds is 42. The molecule has 17 atom stereocenters. The van der Waals surface area contributed by atoms with Crippen molar-refractivity contribution in [1.82, 2.24) is 25.8 Å². The van der Waals surface area contributed by atoms with Crippen LogP contribution in [0.25, 0.3) is 0 Å². The zero-order valence-corrected chi connectivity index (χ0v) is 58.6. The van der Waals surface area contributed by atoms with Crippen molar-refractivity contribution in [2.75, 3.05) is 80.0 Å². The fourth-order valence-electron chi connectivity index (χ4n) is 11.1. The Morgan fingerprint density at radius 1 is 0.633 bits per heavy atom. The molecule has 0 aromatic rings. The van der Waals surface area contributed by atoms with Crippen LogP contribution in [0.5, 0.6) is 0 Å². The van der Waals surface area contributed by atoms with Gasteiger partial charge in [-0.1, -0.05) is 40.0 Å². The summed E-state index contributed by atoms with van der Waals surface area (Å²) < 4.78 is 66.1. The number of carbonyl (C=O) groups is 6. The summed E-state index contributed by atoms with van der Waals surface area (Å²) in [6.45, 7) is 11.8. The molecule has 1 radical (unpaired) electrons. The molecule has 90 heavy (non-hydrogen) atoms. The van der Waals surface area contributed by atoms with Gasteiger partial charge in [-0.3, -0.25) is 37.9 Å². The number of ether oxygens (including phenoxy) is 4. The third kappa shape index (κ3) is 31.2. The molecule has 31 heteroatoms. The van der Waals surface area contributed by atoms with E-state index in [1.54, 1.807) is 18.7 Å². The van der Waals surface area contributed by atoms with Crippen molar-refractivity contribution in [3.8, 4) is 0 Å². The summed E-state index contributed by atoms with van der Waals surface area (Å²) in [6, 6.07) is -1.17. The second kappa shape index (κ2) is 46.2. The largest absolute Gasteiger partial charge is 0.394 e. The van der Waals surface area contributed by atoms with Gasteiger partial charge in [0.1, 0.15) is 24.4 Å². The maximum atomic E-state index is 13.5. The van der Waals surface area contributed by atoms with Gasteiger partial charge in [0.05, 0.1) is 62.9 Å². The number of likely N-dealkylation sites (tertiary alicyclic amines) is 2. The van der Waals surface area contributed by atoms with E-state index >= 15 is 0 Å². The Morgan fingerprint density at radius 3 is 1.66 bits per heavy atom. The molecule has 4 fully saturated rings. The van der Waals surface area contributed by atoms with E-state index in [1.165, 1.54) is 21.1 Å². The Balaban J connectivity index is 0.000000923. The molecule has 4 saturated heterocycles. The van der Waals surface area contributed by atoms with Crippen molar-refractivity contribution in [1.29, 1.82) is 0 Å². The van der Waals surface area contributed by atoms with Gasteiger partial charge in [-0.2, -0.15) is 0 Å². The topological polar surface area (TPSA) is 395 Å². The molecule has 0 saturated carbocycles. The second-order valence-electron chi connectivity index (χ2n) is 23.9. The molecule has 0 spiro atoms. The van der Waals surface area contributed by atoms with E-state index in [1.807, 2.05) is 4.90 Å². The molecule has 0 bridgehead atoms. The predicted octanol–water partition coefficient (Wildman–Crippen LogP) is 2.77. The van der Waals surface area contributed by atoms with Crippen LogP contribution in [0.15, 0.2) is 0 Å². The van der Waals surface area contributed by atoms with Gasteiger partial charge in [-0.05, 0) is 89.4 Å². The van der Waals surface area contributed by atoms with Crippen LogP contribution >= 0.6 is 15.9 Å². The molecule has 14 unspecified atom stereocenters. The average molecular weight is 1410 g/mol. The second-order valence-corrected chi connectivity index (χ2v) is 26.9. The number of aliphatic hydroxyl groups is 7. The molecule has 28 nitrogen and oxygen atoms in total. The van der Waals surface area contributed by atoms with Crippen molar-refractivity contribution in [2.45, 2.75) is 236 Å². The molecule has 4 heterocycles. The van der Waals surface area contributed by atoms with Gasteiger partial charge >= 0.3 is 8.25 Å². The number of hydrogen-bond donors (Lipinski definition) is 10. The Hall–Kier alpha value is -2.02. The van der Waals surface area contributed by atoms with Crippen LogP contribution in [-0.4, -0.2) is 234 Å². The van der Waals surface area contributed by atoms with E-state index in [9.17, 15) is 73.6 Å². The van der Waals surface area contributed by atoms with Crippen LogP contribution in [0.1, 0.15) is 163 Å². The van der Waals surface area contributed by atoms with Gasteiger partial charge in [0.2, 0.25) is 29.5 Å². The molecule has 4 aliphatic rings. The maximum Gasteiger partial charge on any atom is 0.318 e. The smallest absolute Gasteiger partial charge is 0.318 e. The summed E-state index contributed by atoms with van der Waals surface area (Å²) >= 11 is 0. The van der Waals surface area contributed by atoms with Crippen molar-refractivity contribution in [3.05, 3.63) is 6.66 Å². The van der Waals surface area contributed by atoms with E-state index in [0.717, 1.165) is 32.1 Å². The minimum atomic E-state index is -3.36. The van der Waals surface area contributed by atoms with Gasteiger partial charge < -0.3 is 98.5 Å². The van der Waals surface area contributed by atoms with Crippen LogP contribution in [0.2, 0.25) is 0 Å². The molecular weight excluding hydrogens is 1300 g/mol. The molecule has 4 aliphatic heterocycles. The summed E-state index contributed by atoms with van der Waals surface area (Å²) in [7, 11) is -3.35. The number of aliphatic hydroxyl groups excluding tert-OH is 7.